The van der Waals surface area contributed by atoms with Crippen molar-refractivity contribution in [3.05, 3.63) is 28.0 Å². The topological polar surface area (TPSA) is 12.9 Å². The molecule has 1 unspecified atom stereocenters. The Kier molecular flexibility index (Phi) is 2.37. The van der Waals surface area contributed by atoms with Gasteiger partial charge in [0.25, 0.3) is 0 Å². The molecule has 0 amide bonds. The van der Waals surface area contributed by atoms with Crippen molar-refractivity contribution >= 4 is 27.5 Å². The summed E-state index contributed by atoms with van der Waals surface area (Å²) in [5.74, 6) is 1.23. The summed E-state index contributed by atoms with van der Waals surface area (Å²) in [6.07, 6.45) is 4.09. The van der Waals surface area contributed by atoms with E-state index in [4.69, 9.17) is 11.6 Å². The lowest BCUT2D eigenvalue weighted by Gasteiger charge is -2.05. The lowest BCUT2D eigenvalue weighted by molar-refractivity contribution is 0.752. The van der Waals surface area contributed by atoms with E-state index in [-0.39, 0.29) is 0 Å². The summed E-state index contributed by atoms with van der Waals surface area (Å²) in [6.45, 7) is 0. The molecule has 1 aliphatic rings. The standard InChI is InChI=1S/C9H9BrClN/c10-7-3-8-6(4-11)1-2-9(8)12-5-7/h3,5-6H,1-2,4H2. The Morgan fingerprint density at radius 1 is 1.67 bits per heavy atom. The monoisotopic (exact) mass is 245 g/mol. The van der Waals surface area contributed by atoms with Gasteiger partial charge in [0.1, 0.15) is 0 Å². The van der Waals surface area contributed by atoms with Gasteiger partial charge in [0.2, 0.25) is 0 Å². The molecule has 1 atom stereocenters. The molecule has 64 valence electrons. The first-order chi connectivity index (χ1) is 5.81. The molecule has 0 bridgehead atoms. The van der Waals surface area contributed by atoms with Crippen molar-refractivity contribution in [1.82, 2.24) is 4.98 Å². The fourth-order valence-electron chi connectivity index (χ4n) is 1.67. The van der Waals surface area contributed by atoms with Crippen LogP contribution in [-0.2, 0) is 6.42 Å². The molecule has 2 rings (SSSR count). The van der Waals surface area contributed by atoms with Gasteiger partial charge in [0.05, 0.1) is 0 Å². The van der Waals surface area contributed by atoms with E-state index in [0.717, 1.165) is 17.3 Å². The van der Waals surface area contributed by atoms with Crippen molar-refractivity contribution in [1.29, 1.82) is 0 Å². The summed E-state index contributed by atoms with van der Waals surface area (Å²) >= 11 is 9.26. The van der Waals surface area contributed by atoms with E-state index in [1.165, 1.54) is 11.3 Å². The molecule has 0 aromatic carbocycles. The van der Waals surface area contributed by atoms with Gasteiger partial charge >= 0.3 is 0 Å². The van der Waals surface area contributed by atoms with Crippen LogP contribution >= 0.6 is 27.5 Å². The lowest BCUT2D eigenvalue weighted by Crippen LogP contribution is -1.94. The zero-order valence-corrected chi connectivity index (χ0v) is 8.90. The quantitative estimate of drug-likeness (QED) is 0.694. The van der Waals surface area contributed by atoms with Crippen LogP contribution in [0.25, 0.3) is 0 Å². The first kappa shape index (κ1) is 8.52. The van der Waals surface area contributed by atoms with Crippen LogP contribution in [0.1, 0.15) is 23.6 Å². The van der Waals surface area contributed by atoms with Crippen molar-refractivity contribution in [2.75, 3.05) is 5.88 Å². The smallest absolute Gasteiger partial charge is 0.0439 e. The Hall–Kier alpha value is -0.0800. The summed E-state index contributed by atoms with van der Waals surface area (Å²) in [4.78, 5) is 4.35. The molecule has 1 aromatic heterocycles. The fourth-order valence-corrected chi connectivity index (χ4v) is 2.34. The van der Waals surface area contributed by atoms with Crippen LogP contribution in [0.2, 0.25) is 0 Å². The summed E-state index contributed by atoms with van der Waals surface area (Å²) < 4.78 is 1.05. The molecule has 1 nitrogen and oxygen atoms in total. The van der Waals surface area contributed by atoms with Gasteiger partial charge in [-0.25, -0.2) is 0 Å². The second-order valence-electron chi connectivity index (χ2n) is 3.08. The number of hydrogen-bond donors (Lipinski definition) is 0. The van der Waals surface area contributed by atoms with E-state index in [1.54, 1.807) is 0 Å². The highest BCUT2D eigenvalue weighted by molar-refractivity contribution is 9.10. The van der Waals surface area contributed by atoms with E-state index in [1.807, 2.05) is 6.20 Å². The van der Waals surface area contributed by atoms with Gasteiger partial charge in [-0.15, -0.1) is 11.6 Å². The maximum Gasteiger partial charge on any atom is 0.0439 e. The Balaban J connectivity index is 2.42. The Morgan fingerprint density at radius 3 is 3.25 bits per heavy atom. The highest BCUT2D eigenvalue weighted by Crippen LogP contribution is 2.33. The van der Waals surface area contributed by atoms with E-state index in [0.29, 0.717) is 11.8 Å². The third-order valence-corrected chi connectivity index (χ3v) is 3.13. The molecule has 12 heavy (non-hydrogen) atoms. The number of aryl methyl sites for hydroxylation is 1. The summed E-state index contributed by atoms with van der Waals surface area (Å²) in [7, 11) is 0. The average molecular weight is 247 g/mol. The number of fused-ring (bicyclic) bond motifs is 1. The maximum absolute atomic E-state index is 5.84. The van der Waals surface area contributed by atoms with E-state index >= 15 is 0 Å². The van der Waals surface area contributed by atoms with Crippen LogP contribution < -0.4 is 0 Å². The molecular weight excluding hydrogens is 237 g/mol. The summed E-state index contributed by atoms with van der Waals surface area (Å²) in [6, 6.07) is 2.14. The summed E-state index contributed by atoms with van der Waals surface area (Å²) in [5, 5.41) is 0. The zero-order valence-electron chi connectivity index (χ0n) is 6.56. The molecule has 0 saturated carbocycles. The lowest BCUT2D eigenvalue weighted by atomic mass is 10.1. The molecule has 0 spiro atoms. The van der Waals surface area contributed by atoms with Crippen LogP contribution in [0.4, 0.5) is 0 Å². The third-order valence-electron chi connectivity index (χ3n) is 2.33. The molecule has 1 aromatic rings. The second-order valence-corrected chi connectivity index (χ2v) is 4.30. The minimum absolute atomic E-state index is 0.520. The zero-order chi connectivity index (χ0) is 8.55. The number of rotatable bonds is 1. The van der Waals surface area contributed by atoms with E-state index < -0.39 is 0 Å². The van der Waals surface area contributed by atoms with Crippen molar-refractivity contribution in [3.8, 4) is 0 Å². The highest BCUT2D eigenvalue weighted by atomic mass is 79.9. The molecule has 1 heterocycles. The number of hydrogen-bond acceptors (Lipinski definition) is 1. The Labute approximate surface area is 85.3 Å². The summed E-state index contributed by atoms with van der Waals surface area (Å²) in [5.41, 5.74) is 2.56. The van der Waals surface area contributed by atoms with Gasteiger partial charge in [-0.1, -0.05) is 0 Å². The number of pyridine rings is 1. The highest BCUT2D eigenvalue weighted by Gasteiger charge is 2.22. The number of nitrogens with zero attached hydrogens (tertiary/aromatic N) is 1. The number of alkyl halides is 1. The van der Waals surface area contributed by atoms with Gasteiger partial charge < -0.3 is 0 Å². The van der Waals surface area contributed by atoms with Gasteiger partial charge in [-0.05, 0) is 46.3 Å². The molecular formula is C9H9BrClN. The predicted octanol–water partition coefficient (Wildman–Crippen LogP) is 3.11. The van der Waals surface area contributed by atoms with Crippen LogP contribution in [0.15, 0.2) is 16.7 Å². The molecule has 0 N–H and O–H groups in total. The first-order valence-corrected chi connectivity index (χ1v) is 5.34. The maximum atomic E-state index is 5.84. The minimum Gasteiger partial charge on any atom is -0.260 e. The van der Waals surface area contributed by atoms with Crippen molar-refractivity contribution in [2.45, 2.75) is 18.8 Å². The van der Waals surface area contributed by atoms with Gasteiger partial charge in [0, 0.05) is 22.2 Å². The normalized spacial score (nSPS) is 21.0. The van der Waals surface area contributed by atoms with Gasteiger partial charge in [-0.3, -0.25) is 4.98 Å². The van der Waals surface area contributed by atoms with Crippen LogP contribution in [0.5, 0.6) is 0 Å². The van der Waals surface area contributed by atoms with Crippen LogP contribution in [0.3, 0.4) is 0 Å². The van der Waals surface area contributed by atoms with Crippen LogP contribution in [0, 0.1) is 0 Å². The Bertz CT molecular complexity index is 301. The van der Waals surface area contributed by atoms with E-state index in [2.05, 4.69) is 27.0 Å². The minimum atomic E-state index is 0.520. The first-order valence-electron chi connectivity index (χ1n) is 4.01. The van der Waals surface area contributed by atoms with Crippen molar-refractivity contribution < 1.29 is 0 Å². The molecule has 0 saturated heterocycles. The average Bonchev–Trinajstić information content (AvgIpc) is 2.46. The predicted molar refractivity (Wildman–Crippen MR) is 53.7 cm³/mol. The van der Waals surface area contributed by atoms with E-state index in [9.17, 15) is 0 Å². The van der Waals surface area contributed by atoms with Crippen LogP contribution in [-0.4, -0.2) is 10.9 Å². The fraction of sp³-hybridized carbons (Fsp3) is 0.444. The van der Waals surface area contributed by atoms with Crippen molar-refractivity contribution in [2.24, 2.45) is 0 Å². The number of aromatic nitrogens is 1. The van der Waals surface area contributed by atoms with Gasteiger partial charge in [0.15, 0.2) is 0 Å². The molecule has 3 heteroatoms. The van der Waals surface area contributed by atoms with Gasteiger partial charge in [-0.2, -0.15) is 0 Å². The SMILES string of the molecule is ClCC1CCc2ncc(Br)cc21. The molecule has 0 aliphatic heterocycles. The Morgan fingerprint density at radius 2 is 2.50 bits per heavy atom. The molecule has 0 radical (unpaired) electrons. The number of halogens is 2. The van der Waals surface area contributed by atoms with Crippen molar-refractivity contribution in [3.63, 3.8) is 0 Å². The molecule has 1 aliphatic carbocycles. The largest absolute Gasteiger partial charge is 0.260 e. The second kappa shape index (κ2) is 3.35. The molecule has 0 fully saturated rings. The third kappa shape index (κ3) is 1.38.